The normalized spacial score (nSPS) is 22.0. The molecule has 1 aromatic heterocycles. The van der Waals surface area contributed by atoms with Crippen LogP contribution in [0.2, 0.25) is 0 Å². The first-order valence-electron chi connectivity index (χ1n) is 6.73. The number of hydrogen-bond acceptors (Lipinski definition) is 5. The Labute approximate surface area is 133 Å². The van der Waals surface area contributed by atoms with E-state index in [1.807, 2.05) is 13.8 Å². The van der Waals surface area contributed by atoms with Gasteiger partial charge in [0.25, 0.3) is 0 Å². The van der Waals surface area contributed by atoms with Crippen molar-refractivity contribution in [2.24, 2.45) is 0 Å². The van der Waals surface area contributed by atoms with Gasteiger partial charge in [-0.25, -0.2) is 18.1 Å². The van der Waals surface area contributed by atoms with E-state index in [4.69, 9.17) is 4.74 Å². The Morgan fingerprint density at radius 2 is 2.19 bits per heavy atom. The summed E-state index contributed by atoms with van der Waals surface area (Å²) in [5, 5.41) is 2.81. The molecular weight excluding hydrogens is 358 g/mol. The molecule has 1 aliphatic heterocycles. The maximum Gasteiger partial charge on any atom is 0.244 e. The first kappa shape index (κ1) is 16.7. The highest BCUT2D eigenvalue weighted by molar-refractivity contribution is 9.10. The van der Waals surface area contributed by atoms with Crippen molar-refractivity contribution in [2.45, 2.75) is 43.2 Å². The van der Waals surface area contributed by atoms with Gasteiger partial charge in [0.05, 0.1) is 5.60 Å². The van der Waals surface area contributed by atoms with Gasteiger partial charge in [-0.15, -0.1) is 0 Å². The molecule has 2 heterocycles. The number of sulfonamides is 1. The molecule has 1 aromatic rings. The highest BCUT2D eigenvalue weighted by Crippen LogP contribution is 2.27. The van der Waals surface area contributed by atoms with Crippen molar-refractivity contribution in [2.75, 3.05) is 19.0 Å². The molecule has 0 aromatic carbocycles. The summed E-state index contributed by atoms with van der Waals surface area (Å²) in [5.74, 6) is 0.331. The minimum atomic E-state index is -3.64. The fourth-order valence-corrected chi connectivity index (χ4v) is 4.37. The molecule has 1 fully saturated rings. The van der Waals surface area contributed by atoms with Crippen molar-refractivity contribution in [3.63, 3.8) is 0 Å². The van der Waals surface area contributed by atoms with Crippen LogP contribution < -0.4 is 10.0 Å². The molecule has 118 valence electrons. The van der Waals surface area contributed by atoms with E-state index in [2.05, 4.69) is 31.0 Å². The lowest BCUT2D eigenvalue weighted by molar-refractivity contribution is -0.0599. The maximum absolute atomic E-state index is 12.6. The second-order valence-corrected chi connectivity index (χ2v) is 8.27. The van der Waals surface area contributed by atoms with Crippen LogP contribution in [0.15, 0.2) is 21.6 Å². The van der Waals surface area contributed by atoms with E-state index in [0.717, 1.165) is 0 Å². The monoisotopic (exact) mass is 377 g/mol. The number of aromatic nitrogens is 1. The number of nitrogens with zero attached hydrogens (tertiary/aromatic N) is 1. The third-order valence-corrected chi connectivity index (χ3v) is 5.33. The van der Waals surface area contributed by atoms with Gasteiger partial charge in [0.2, 0.25) is 10.0 Å². The van der Waals surface area contributed by atoms with Crippen molar-refractivity contribution in [1.82, 2.24) is 9.71 Å². The number of ether oxygens (including phenoxy) is 1. The third-order valence-electron chi connectivity index (χ3n) is 3.36. The van der Waals surface area contributed by atoms with Gasteiger partial charge in [-0.1, -0.05) is 0 Å². The van der Waals surface area contributed by atoms with E-state index in [1.165, 1.54) is 0 Å². The van der Waals surface area contributed by atoms with Crippen LogP contribution in [-0.2, 0) is 14.8 Å². The van der Waals surface area contributed by atoms with Crippen LogP contribution in [0.1, 0.15) is 26.7 Å². The van der Waals surface area contributed by atoms with Crippen LogP contribution in [0.3, 0.4) is 0 Å². The summed E-state index contributed by atoms with van der Waals surface area (Å²) in [5.41, 5.74) is -0.313. The third kappa shape index (κ3) is 4.15. The number of nitrogens with one attached hydrogen (secondary N) is 2. The second-order valence-electron chi connectivity index (χ2n) is 5.67. The first-order chi connectivity index (χ1) is 9.73. The molecule has 0 spiro atoms. The molecule has 21 heavy (non-hydrogen) atoms. The minimum Gasteiger partial charge on any atom is -0.375 e. The second kappa shape index (κ2) is 6.20. The minimum absolute atomic E-state index is 0.137. The molecule has 0 aliphatic carbocycles. The number of anilines is 1. The van der Waals surface area contributed by atoms with Gasteiger partial charge in [0.1, 0.15) is 10.7 Å². The van der Waals surface area contributed by atoms with E-state index in [-0.39, 0.29) is 16.5 Å². The number of rotatable bonds is 4. The Balaban J connectivity index is 2.24. The van der Waals surface area contributed by atoms with Crippen molar-refractivity contribution < 1.29 is 13.2 Å². The van der Waals surface area contributed by atoms with Gasteiger partial charge in [0.15, 0.2) is 0 Å². The van der Waals surface area contributed by atoms with E-state index in [9.17, 15) is 8.42 Å². The fraction of sp³-hybridized carbons (Fsp3) is 0.615. The molecule has 6 nitrogen and oxygen atoms in total. The summed E-state index contributed by atoms with van der Waals surface area (Å²) in [6, 6.07) is 1.41. The van der Waals surface area contributed by atoms with Crippen LogP contribution in [0, 0.1) is 0 Å². The highest BCUT2D eigenvalue weighted by atomic mass is 79.9. The Bertz CT molecular complexity index is 619. The van der Waals surface area contributed by atoms with E-state index in [1.54, 1.807) is 19.3 Å². The van der Waals surface area contributed by atoms with Crippen molar-refractivity contribution in [1.29, 1.82) is 0 Å². The zero-order chi connectivity index (χ0) is 15.7. The molecule has 0 amide bonds. The molecule has 0 radical (unpaired) electrons. The molecule has 1 aliphatic rings. The predicted octanol–water partition coefficient (Wildman–Crippen LogP) is 2.12. The Hall–Kier alpha value is -0.700. The Morgan fingerprint density at radius 1 is 1.48 bits per heavy atom. The SMILES string of the molecule is CNc1ncc(Br)cc1S(=O)(=O)NC1CCOC(C)(C)C1. The molecular formula is C13H20BrN3O3S. The zero-order valence-corrected chi connectivity index (χ0v) is 14.7. The van der Waals surface area contributed by atoms with E-state index in [0.29, 0.717) is 29.7 Å². The quantitative estimate of drug-likeness (QED) is 0.839. The summed E-state index contributed by atoms with van der Waals surface area (Å²) in [7, 11) is -1.99. The van der Waals surface area contributed by atoms with Crippen LogP contribution in [0.5, 0.6) is 0 Å². The zero-order valence-electron chi connectivity index (χ0n) is 12.3. The average Bonchev–Trinajstić information content (AvgIpc) is 2.37. The van der Waals surface area contributed by atoms with Gasteiger partial charge in [-0.2, -0.15) is 0 Å². The maximum atomic E-state index is 12.6. The van der Waals surface area contributed by atoms with Gasteiger partial charge in [-0.05, 0) is 48.7 Å². The summed E-state index contributed by atoms with van der Waals surface area (Å²) >= 11 is 3.26. The van der Waals surface area contributed by atoms with Gasteiger partial charge >= 0.3 is 0 Å². The lowest BCUT2D eigenvalue weighted by Crippen LogP contribution is -2.45. The molecule has 1 saturated heterocycles. The topological polar surface area (TPSA) is 80.3 Å². The first-order valence-corrected chi connectivity index (χ1v) is 9.01. The standard InChI is InChI=1S/C13H20BrN3O3S/c1-13(2)7-10(4-5-20-13)17-21(18,19)11-6-9(14)8-16-12(11)15-3/h6,8,10,17H,4-5,7H2,1-3H3,(H,15,16). The smallest absolute Gasteiger partial charge is 0.244 e. The van der Waals surface area contributed by atoms with Crippen LogP contribution >= 0.6 is 15.9 Å². The molecule has 8 heteroatoms. The summed E-state index contributed by atoms with van der Waals surface area (Å²) < 4.78 is 34.2. The van der Waals surface area contributed by atoms with E-state index >= 15 is 0 Å². The molecule has 2 N–H and O–H groups in total. The lowest BCUT2D eigenvalue weighted by atomic mass is 9.95. The Morgan fingerprint density at radius 3 is 2.81 bits per heavy atom. The van der Waals surface area contributed by atoms with Crippen LogP contribution in [0.25, 0.3) is 0 Å². The van der Waals surface area contributed by atoms with Gasteiger partial charge in [-0.3, -0.25) is 0 Å². The average molecular weight is 378 g/mol. The molecule has 1 atom stereocenters. The molecule has 0 saturated carbocycles. The largest absolute Gasteiger partial charge is 0.375 e. The van der Waals surface area contributed by atoms with Crippen molar-refractivity contribution in [3.05, 3.63) is 16.7 Å². The Kier molecular flexibility index (Phi) is 4.92. The highest BCUT2D eigenvalue weighted by Gasteiger charge is 2.32. The van der Waals surface area contributed by atoms with Crippen LogP contribution in [-0.4, -0.2) is 38.7 Å². The summed E-state index contributed by atoms with van der Waals surface area (Å²) in [6.45, 7) is 4.48. The molecule has 2 rings (SSSR count). The lowest BCUT2D eigenvalue weighted by Gasteiger charge is -2.35. The van der Waals surface area contributed by atoms with E-state index < -0.39 is 10.0 Å². The number of hydrogen-bond donors (Lipinski definition) is 2. The van der Waals surface area contributed by atoms with Gasteiger partial charge < -0.3 is 10.1 Å². The van der Waals surface area contributed by atoms with Crippen molar-refractivity contribution >= 4 is 31.8 Å². The van der Waals surface area contributed by atoms with Gasteiger partial charge in [0, 0.05) is 30.4 Å². The number of halogens is 1. The van der Waals surface area contributed by atoms with Crippen LogP contribution in [0.4, 0.5) is 5.82 Å². The predicted molar refractivity (Wildman–Crippen MR) is 84.9 cm³/mol. The summed E-state index contributed by atoms with van der Waals surface area (Å²) in [6.07, 6.45) is 2.87. The number of pyridine rings is 1. The molecule has 1 unspecified atom stereocenters. The fourth-order valence-electron chi connectivity index (χ4n) is 2.43. The summed E-state index contributed by atoms with van der Waals surface area (Å²) in [4.78, 5) is 4.23. The molecule has 0 bridgehead atoms. The van der Waals surface area contributed by atoms with Crippen molar-refractivity contribution in [3.8, 4) is 0 Å².